The van der Waals surface area contributed by atoms with Gasteiger partial charge in [0.2, 0.25) is 5.91 Å². The number of benzene rings is 2. The van der Waals surface area contributed by atoms with Gasteiger partial charge in [0, 0.05) is 24.3 Å². The molecule has 0 bridgehead atoms. The molecule has 7 heteroatoms. The lowest BCUT2D eigenvalue weighted by Crippen LogP contribution is -2.50. The van der Waals surface area contributed by atoms with E-state index in [4.69, 9.17) is 0 Å². The zero-order valence-corrected chi connectivity index (χ0v) is 14.9. The molecule has 0 unspecified atom stereocenters. The molecule has 1 aliphatic heterocycles. The van der Waals surface area contributed by atoms with Gasteiger partial charge in [-0.25, -0.2) is 4.79 Å². The number of nitrogens with one attached hydrogen (secondary N) is 3. The highest BCUT2D eigenvalue weighted by atomic mass is 16.2. The van der Waals surface area contributed by atoms with Gasteiger partial charge >= 0.3 is 6.03 Å². The maximum atomic E-state index is 12.4. The first kappa shape index (κ1) is 18.4. The summed E-state index contributed by atoms with van der Waals surface area (Å²) in [6.45, 7) is 0.907. The van der Waals surface area contributed by atoms with Crippen molar-refractivity contribution in [1.82, 2.24) is 15.8 Å². The maximum Gasteiger partial charge on any atom is 0.321 e. The Bertz CT molecular complexity index is 795. The molecular weight excluding hydrogens is 344 g/mol. The molecule has 27 heavy (non-hydrogen) atoms. The lowest BCUT2D eigenvalue weighted by atomic mass is 9.98. The van der Waals surface area contributed by atoms with Crippen LogP contribution >= 0.6 is 0 Å². The molecule has 4 amide bonds. The average Bonchev–Trinajstić information content (AvgIpc) is 2.73. The molecule has 1 saturated heterocycles. The zero-order valence-electron chi connectivity index (χ0n) is 14.9. The monoisotopic (exact) mass is 366 g/mol. The molecule has 1 fully saturated rings. The summed E-state index contributed by atoms with van der Waals surface area (Å²) in [6.07, 6.45) is 1.40. The highest BCUT2D eigenvalue weighted by molar-refractivity contribution is 5.95. The number of piperidine rings is 1. The minimum Gasteiger partial charge on any atom is -0.324 e. The van der Waals surface area contributed by atoms with E-state index >= 15 is 0 Å². The molecule has 1 atom stereocenters. The number of hydrogen-bond acceptors (Lipinski definition) is 3. The first-order valence-electron chi connectivity index (χ1n) is 8.89. The number of carbonyl (C=O) groups excluding carboxylic acids is 3. The minimum atomic E-state index is -0.376. The summed E-state index contributed by atoms with van der Waals surface area (Å²) >= 11 is 0. The van der Waals surface area contributed by atoms with E-state index in [1.165, 1.54) is 0 Å². The van der Waals surface area contributed by atoms with Gasteiger partial charge in [0.1, 0.15) is 0 Å². The van der Waals surface area contributed by atoms with Gasteiger partial charge in [0.05, 0.1) is 5.92 Å². The highest BCUT2D eigenvalue weighted by Crippen LogP contribution is 2.18. The third-order valence-electron chi connectivity index (χ3n) is 4.44. The van der Waals surface area contributed by atoms with E-state index in [1.807, 2.05) is 36.4 Å². The molecule has 0 radical (unpaired) electrons. The van der Waals surface area contributed by atoms with Gasteiger partial charge in [0.15, 0.2) is 0 Å². The molecule has 0 saturated carbocycles. The summed E-state index contributed by atoms with van der Waals surface area (Å²) in [4.78, 5) is 38.4. The van der Waals surface area contributed by atoms with Gasteiger partial charge in [0.25, 0.3) is 5.91 Å². The third-order valence-corrected chi connectivity index (χ3v) is 4.44. The summed E-state index contributed by atoms with van der Waals surface area (Å²) in [5.74, 6) is -1.04. The summed E-state index contributed by atoms with van der Waals surface area (Å²) in [5.41, 5.74) is 6.06. The maximum absolute atomic E-state index is 12.4. The summed E-state index contributed by atoms with van der Waals surface area (Å²) < 4.78 is 0. The Hall–Kier alpha value is -3.35. The van der Waals surface area contributed by atoms with Crippen molar-refractivity contribution in [2.75, 3.05) is 18.4 Å². The van der Waals surface area contributed by atoms with Crippen molar-refractivity contribution < 1.29 is 14.4 Å². The van der Waals surface area contributed by atoms with Gasteiger partial charge in [-0.2, -0.15) is 0 Å². The number of urea groups is 1. The number of amides is 4. The smallest absolute Gasteiger partial charge is 0.321 e. The van der Waals surface area contributed by atoms with E-state index < -0.39 is 0 Å². The minimum absolute atomic E-state index is 0.230. The van der Waals surface area contributed by atoms with E-state index in [2.05, 4.69) is 16.2 Å². The molecule has 1 aliphatic rings. The van der Waals surface area contributed by atoms with Gasteiger partial charge in [-0.05, 0) is 37.1 Å². The van der Waals surface area contributed by atoms with Crippen molar-refractivity contribution in [2.24, 2.45) is 5.92 Å². The predicted molar refractivity (Wildman–Crippen MR) is 102 cm³/mol. The van der Waals surface area contributed by atoms with Crippen LogP contribution in [0.1, 0.15) is 23.2 Å². The standard InChI is InChI=1S/C20H22N4O3/c25-18(15-8-3-1-4-9-15)22-23-19(26)16-10-7-13-24(14-16)20(27)21-17-11-5-2-6-12-17/h1-6,8-9,11-12,16H,7,10,13-14H2,(H,21,27)(H,22,25)(H,23,26)/t16-/m0/s1. The lowest BCUT2D eigenvalue weighted by Gasteiger charge is -2.32. The fourth-order valence-electron chi connectivity index (χ4n) is 2.98. The molecule has 7 nitrogen and oxygen atoms in total. The summed E-state index contributed by atoms with van der Waals surface area (Å²) in [5, 5.41) is 2.83. The van der Waals surface area contributed by atoms with Crippen LogP contribution in [0.2, 0.25) is 0 Å². The molecule has 2 aromatic rings. The number of hydrogen-bond donors (Lipinski definition) is 3. The average molecular weight is 366 g/mol. The second-order valence-corrected chi connectivity index (χ2v) is 6.39. The second-order valence-electron chi connectivity index (χ2n) is 6.39. The van der Waals surface area contributed by atoms with Crippen molar-refractivity contribution in [3.63, 3.8) is 0 Å². The number of para-hydroxylation sites is 1. The Balaban J connectivity index is 1.50. The molecule has 0 spiro atoms. The van der Waals surface area contributed by atoms with E-state index in [1.54, 1.807) is 29.2 Å². The number of anilines is 1. The van der Waals surface area contributed by atoms with E-state index in [9.17, 15) is 14.4 Å². The van der Waals surface area contributed by atoms with Crippen molar-refractivity contribution >= 4 is 23.5 Å². The fraction of sp³-hybridized carbons (Fsp3) is 0.250. The van der Waals surface area contributed by atoms with Crippen LogP contribution < -0.4 is 16.2 Å². The zero-order chi connectivity index (χ0) is 19.1. The SMILES string of the molecule is O=C(NNC(=O)[C@H]1CCCN(C(=O)Nc2ccccc2)C1)c1ccccc1. The molecule has 0 aliphatic carbocycles. The third kappa shape index (κ3) is 5.07. The number of rotatable bonds is 3. The Morgan fingerprint density at radius 3 is 2.26 bits per heavy atom. The molecule has 3 N–H and O–H groups in total. The first-order valence-corrected chi connectivity index (χ1v) is 8.89. The predicted octanol–water partition coefficient (Wildman–Crippen LogP) is 2.39. The highest BCUT2D eigenvalue weighted by Gasteiger charge is 2.28. The van der Waals surface area contributed by atoms with Crippen molar-refractivity contribution in [1.29, 1.82) is 0 Å². The van der Waals surface area contributed by atoms with Crippen molar-refractivity contribution in [3.05, 3.63) is 66.2 Å². The Morgan fingerprint density at radius 2 is 1.56 bits per heavy atom. The fourth-order valence-corrected chi connectivity index (χ4v) is 2.98. The van der Waals surface area contributed by atoms with Crippen LogP contribution in [-0.4, -0.2) is 35.8 Å². The number of carbonyl (C=O) groups is 3. The number of nitrogens with zero attached hydrogens (tertiary/aromatic N) is 1. The topological polar surface area (TPSA) is 90.5 Å². The first-order chi connectivity index (χ1) is 13.1. The lowest BCUT2D eigenvalue weighted by molar-refractivity contribution is -0.127. The van der Waals surface area contributed by atoms with Crippen LogP contribution in [0.15, 0.2) is 60.7 Å². The molecule has 0 aromatic heterocycles. The van der Waals surface area contributed by atoms with Crippen LogP contribution in [0.5, 0.6) is 0 Å². The molecule has 1 heterocycles. The quantitative estimate of drug-likeness (QED) is 0.729. The van der Waals surface area contributed by atoms with Crippen molar-refractivity contribution in [2.45, 2.75) is 12.8 Å². The van der Waals surface area contributed by atoms with Gasteiger partial charge in [-0.15, -0.1) is 0 Å². The van der Waals surface area contributed by atoms with Crippen LogP contribution in [0.4, 0.5) is 10.5 Å². The second kappa shape index (κ2) is 8.84. The van der Waals surface area contributed by atoms with Crippen LogP contribution in [-0.2, 0) is 4.79 Å². The summed E-state index contributed by atoms with van der Waals surface area (Å²) in [6, 6.07) is 17.6. The summed E-state index contributed by atoms with van der Waals surface area (Å²) in [7, 11) is 0. The molecule has 2 aromatic carbocycles. The van der Waals surface area contributed by atoms with Gasteiger partial charge in [-0.1, -0.05) is 36.4 Å². The largest absolute Gasteiger partial charge is 0.324 e. The van der Waals surface area contributed by atoms with Crippen LogP contribution in [0, 0.1) is 5.92 Å². The Labute approximate surface area is 157 Å². The van der Waals surface area contributed by atoms with Gasteiger partial charge < -0.3 is 10.2 Å². The molecular formula is C20H22N4O3. The van der Waals surface area contributed by atoms with E-state index in [-0.39, 0.29) is 23.8 Å². The molecule has 3 rings (SSSR count). The Kier molecular flexibility index (Phi) is 6.04. The normalized spacial score (nSPS) is 16.3. The van der Waals surface area contributed by atoms with Gasteiger partial charge in [-0.3, -0.25) is 20.4 Å². The number of likely N-dealkylation sites (tertiary alicyclic amines) is 1. The van der Waals surface area contributed by atoms with Crippen molar-refractivity contribution in [3.8, 4) is 0 Å². The molecule has 140 valence electrons. The number of hydrazine groups is 1. The van der Waals surface area contributed by atoms with Crippen LogP contribution in [0.3, 0.4) is 0 Å². The Morgan fingerprint density at radius 1 is 0.889 bits per heavy atom. The van der Waals surface area contributed by atoms with E-state index in [0.717, 1.165) is 6.42 Å². The van der Waals surface area contributed by atoms with Crippen LogP contribution in [0.25, 0.3) is 0 Å². The van der Waals surface area contributed by atoms with E-state index in [0.29, 0.717) is 30.8 Å².